The highest BCUT2D eigenvalue weighted by atomic mass is 15.2. The summed E-state index contributed by atoms with van der Waals surface area (Å²) in [4.78, 5) is 7.69. The van der Waals surface area contributed by atoms with Gasteiger partial charge < -0.3 is 4.98 Å². The molecule has 0 fully saturated rings. The molecule has 0 aliphatic rings. The van der Waals surface area contributed by atoms with Crippen LogP contribution in [-0.4, -0.2) is 29.9 Å². The van der Waals surface area contributed by atoms with E-state index in [0.29, 0.717) is 0 Å². The van der Waals surface area contributed by atoms with Crippen LogP contribution in [0.15, 0.2) is 79.4 Å². The second kappa shape index (κ2) is 6.42. The van der Waals surface area contributed by atoms with Gasteiger partial charge >= 0.3 is 0 Å². The fourth-order valence-corrected chi connectivity index (χ4v) is 4.04. The van der Waals surface area contributed by atoms with Gasteiger partial charge in [-0.25, -0.2) is 0 Å². The third-order valence-electron chi connectivity index (χ3n) is 5.51. The van der Waals surface area contributed by atoms with Crippen molar-refractivity contribution in [2.24, 2.45) is 7.05 Å². The summed E-state index contributed by atoms with van der Waals surface area (Å²) in [5.74, 6) is 0. The zero-order valence-electron chi connectivity index (χ0n) is 16.3. The second-order valence-corrected chi connectivity index (χ2v) is 7.42. The Bertz CT molecular complexity index is 1500. The van der Waals surface area contributed by atoms with Gasteiger partial charge in [0.25, 0.3) is 0 Å². The predicted molar refractivity (Wildman–Crippen MR) is 119 cm³/mol. The molecule has 2 aromatic carbocycles. The second-order valence-electron chi connectivity index (χ2n) is 7.42. The van der Waals surface area contributed by atoms with Crippen molar-refractivity contribution in [3.05, 3.63) is 79.4 Å². The first-order chi connectivity index (χ1) is 14.8. The van der Waals surface area contributed by atoms with Crippen LogP contribution in [0, 0.1) is 0 Å². The molecular weight excluding hydrogens is 372 g/mol. The summed E-state index contributed by atoms with van der Waals surface area (Å²) in [5.41, 5.74) is 8.51. The van der Waals surface area contributed by atoms with Gasteiger partial charge in [0.15, 0.2) is 0 Å². The summed E-state index contributed by atoms with van der Waals surface area (Å²) < 4.78 is 1.81. The lowest BCUT2D eigenvalue weighted by atomic mass is 10.0. The summed E-state index contributed by atoms with van der Waals surface area (Å²) in [6.07, 6.45) is 7.54. The van der Waals surface area contributed by atoms with Crippen LogP contribution in [0.25, 0.3) is 55.4 Å². The van der Waals surface area contributed by atoms with E-state index in [0.717, 1.165) is 44.5 Å². The minimum absolute atomic E-state index is 0.910. The van der Waals surface area contributed by atoms with E-state index in [2.05, 4.69) is 67.7 Å². The van der Waals surface area contributed by atoms with Crippen LogP contribution in [-0.2, 0) is 7.05 Å². The number of benzene rings is 2. The summed E-state index contributed by atoms with van der Waals surface area (Å²) in [6.45, 7) is 0. The molecule has 6 aromatic rings. The maximum absolute atomic E-state index is 4.62. The first kappa shape index (κ1) is 16.7. The van der Waals surface area contributed by atoms with Crippen molar-refractivity contribution < 1.29 is 0 Å². The standard InChI is InChI=1S/C24H18N6/c1-30-14-17(13-26-30)16-5-6-22-20(11-16)24(29-28-22)23-12-19-18(3-2-4-21(19)27-23)15-7-9-25-10-8-15/h2-14,27H,1H3,(H,28,29). The molecule has 6 heteroatoms. The number of fused-ring (bicyclic) bond motifs is 2. The summed E-state index contributed by atoms with van der Waals surface area (Å²) in [7, 11) is 1.93. The van der Waals surface area contributed by atoms with Gasteiger partial charge in [0.1, 0.15) is 5.69 Å². The number of nitrogens with one attached hydrogen (secondary N) is 2. The first-order valence-corrected chi connectivity index (χ1v) is 9.76. The highest BCUT2D eigenvalue weighted by molar-refractivity contribution is 6.01. The van der Waals surface area contributed by atoms with Crippen molar-refractivity contribution in [2.75, 3.05) is 0 Å². The molecule has 0 bridgehead atoms. The van der Waals surface area contributed by atoms with Crippen LogP contribution in [0.2, 0.25) is 0 Å². The summed E-state index contributed by atoms with van der Waals surface area (Å²) in [5, 5.41) is 14.3. The van der Waals surface area contributed by atoms with E-state index in [1.165, 1.54) is 10.9 Å². The molecule has 0 spiro atoms. The van der Waals surface area contributed by atoms with E-state index in [4.69, 9.17) is 0 Å². The van der Waals surface area contributed by atoms with E-state index in [9.17, 15) is 0 Å². The summed E-state index contributed by atoms with van der Waals surface area (Å²) >= 11 is 0. The number of H-pyrrole nitrogens is 2. The number of rotatable bonds is 3. The fraction of sp³-hybridized carbons (Fsp3) is 0.0417. The maximum atomic E-state index is 4.62. The highest BCUT2D eigenvalue weighted by Crippen LogP contribution is 2.35. The Labute approximate surface area is 172 Å². The molecule has 0 amide bonds. The first-order valence-electron chi connectivity index (χ1n) is 9.76. The quantitative estimate of drug-likeness (QED) is 0.437. The van der Waals surface area contributed by atoms with Crippen LogP contribution in [0.5, 0.6) is 0 Å². The molecule has 0 aliphatic carbocycles. The molecule has 4 heterocycles. The Morgan fingerprint density at radius 2 is 1.73 bits per heavy atom. The topological polar surface area (TPSA) is 75.2 Å². The predicted octanol–water partition coefficient (Wildman–Crippen LogP) is 5.17. The number of hydrogen-bond donors (Lipinski definition) is 2. The molecule has 2 N–H and O–H groups in total. The third-order valence-corrected chi connectivity index (χ3v) is 5.51. The van der Waals surface area contributed by atoms with Crippen LogP contribution < -0.4 is 0 Å². The van der Waals surface area contributed by atoms with E-state index in [1.807, 2.05) is 48.6 Å². The van der Waals surface area contributed by atoms with Crippen LogP contribution in [0.1, 0.15) is 0 Å². The molecule has 0 radical (unpaired) electrons. The Kier molecular flexibility index (Phi) is 3.58. The molecule has 30 heavy (non-hydrogen) atoms. The Balaban J connectivity index is 1.52. The minimum Gasteiger partial charge on any atom is -0.353 e. The number of hydrogen-bond acceptors (Lipinski definition) is 3. The third kappa shape index (κ3) is 2.62. The van der Waals surface area contributed by atoms with Crippen LogP contribution in [0.4, 0.5) is 0 Å². The average Bonchev–Trinajstić information content (AvgIpc) is 3.50. The molecule has 0 saturated carbocycles. The monoisotopic (exact) mass is 390 g/mol. The Morgan fingerprint density at radius 3 is 2.57 bits per heavy atom. The minimum atomic E-state index is 0.910. The lowest BCUT2D eigenvalue weighted by Crippen LogP contribution is -1.84. The SMILES string of the molecule is Cn1cc(-c2ccc3[nH]nc(-c4cc5c(-c6ccncc6)cccc5[nH]4)c3c2)cn1. The number of aromatic nitrogens is 6. The molecule has 6 nitrogen and oxygen atoms in total. The molecule has 4 aromatic heterocycles. The van der Waals surface area contributed by atoms with Gasteiger partial charge in [-0.3, -0.25) is 14.8 Å². The van der Waals surface area contributed by atoms with Crippen molar-refractivity contribution in [1.82, 2.24) is 29.9 Å². The van der Waals surface area contributed by atoms with Crippen molar-refractivity contribution in [3.8, 4) is 33.6 Å². The summed E-state index contributed by atoms with van der Waals surface area (Å²) in [6, 6.07) is 18.9. The van der Waals surface area contributed by atoms with Gasteiger partial charge in [-0.05, 0) is 53.1 Å². The van der Waals surface area contributed by atoms with Crippen molar-refractivity contribution >= 4 is 21.8 Å². The van der Waals surface area contributed by atoms with Gasteiger partial charge in [0, 0.05) is 47.5 Å². The molecule has 6 rings (SSSR count). The fourth-order valence-electron chi connectivity index (χ4n) is 4.04. The van der Waals surface area contributed by atoms with E-state index in [1.54, 1.807) is 0 Å². The van der Waals surface area contributed by atoms with Gasteiger partial charge in [0.05, 0.1) is 17.4 Å². The van der Waals surface area contributed by atoms with E-state index in [-0.39, 0.29) is 0 Å². The van der Waals surface area contributed by atoms with E-state index >= 15 is 0 Å². The van der Waals surface area contributed by atoms with E-state index < -0.39 is 0 Å². The number of pyridine rings is 1. The Hall–Kier alpha value is -4.19. The molecule has 0 unspecified atom stereocenters. The van der Waals surface area contributed by atoms with Crippen LogP contribution >= 0.6 is 0 Å². The molecular formula is C24H18N6. The van der Waals surface area contributed by atoms with Crippen molar-refractivity contribution in [1.29, 1.82) is 0 Å². The van der Waals surface area contributed by atoms with Gasteiger partial charge in [0.2, 0.25) is 0 Å². The maximum Gasteiger partial charge on any atom is 0.116 e. The lowest BCUT2D eigenvalue weighted by Gasteiger charge is -2.02. The van der Waals surface area contributed by atoms with Crippen LogP contribution in [0.3, 0.4) is 0 Å². The lowest BCUT2D eigenvalue weighted by molar-refractivity contribution is 0.768. The smallest absolute Gasteiger partial charge is 0.116 e. The van der Waals surface area contributed by atoms with Gasteiger partial charge in [-0.2, -0.15) is 10.2 Å². The highest BCUT2D eigenvalue weighted by Gasteiger charge is 2.14. The Morgan fingerprint density at radius 1 is 0.833 bits per heavy atom. The average molecular weight is 390 g/mol. The molecule has 0 saturated heterocycles. The van der Waals surface area contributed by atoms with Crippen molar-refractivity contribution in [2.45, 2.75) is 0 Å². The number of nitrogens with zero attached hydrogens (tertiary/aromatic N) is 4. The normalized spacial score (nSPS) is 11.5. The molecule has 0 aliphatic heterocycles. The number of aromatic amines is 2. The number of aryl methyl sites for hydroxylation is 1. The largest absolute Gasteiger partial charge is 0.353 e. The van der Waals surface area contributed by atoms with Gasteiger partial charge in [-0.15, -0.1) is 0 Å². The molecule has 144 valence electrons. The zero-order valence-corrected chi connectivity index (χ0v) is 16.3. The molecule has 0 atom stereocenters. The zero-order chi connectivity index (χ0) is 20.1. The van der Waals surface area contributed by atoms with Gasteiger partial charge in [-0.1, -0.05) is 18.2 Å². The van der Waals surface area contributed by atoms with Crippen molar-refractivity contribution in [3.63, 3.8) is 0 Å².